The van der Waals surface area contributed by atoms with Crippen molar-refractivity contribution in [2.45, 2.75) is 19.0 Å². The predicted octanol–water partition coefficient (Wildman–Crippen LogP) is 4.69. The van der Waals surface area contributed by atoms with Gasteiger partial charge in [0.25, 0.3) is 5.91 Å². The van der Waals surface area contributed by atoms with E-state index in [1.54, 1.807) is 6.07 Å². The summed E-state index contributed by atoms with van der Waals surface area (Å²) in [4.78, 5) is 13.7. The first kappa shape index (κ1) is 15.3. The third kappa shape index (κ3) is 3.52. The molecule has 2 heterocycles. The molecule has 0 N–H and O–H groups in total. The number of halogens is 5. The quantitative estimate of drug-likeness (QED) is 0.645. The van der Waals surface area contributed by atoms with Gasteiger partial charge in [0, 0.05) is 13.1 Å². The van der Waals surface area contributed by atoms with Crippen molar-refractivity contribution in [1.82, 2.24) is 4.90 Å². The maximum Gasteiger partial charge on any atom is 0.391 e. The number of rotatable bonds is 1. The summed E-state index contributed by atoms with van der Waals surface area (Å²) >= 11 is 7.94. The summed E-state index contributed by atoms with van der Waals surface area (Å²) in [6, 6.07) is 1.69. The van der Waals surface area contributed by atoms with Gasteiger partial charge in [-0.25, -0.2) is 0 Å². The smallest absolute Gasteiger partial charge is 0.339 e. The average Bonchev–Trinajstić information content (AvgIpc) is 2.66. The number of hydrogen-bond acceptors (Lipinski definition) is 2. The van der Waals surface area contributed by atoms with Crippen LogP contribution in [0.25, 0.3) is 0 Å². The largest absolute Gasteiger partial charge is 0.391 e. The van der Waals surface area contributed by atoms with Crippen LogP contribution in [-0.2, 0) is 0 Å². The maximum absolute atomic E-state index is 12.5. The molecule has 0 aliphatic carbocycles. The molecule has 0 aromatic carbocycles. The summed E-state index contributed by atoms with van der Waals surface area (Å²) in [6.07, 6.45) is -4.18. The SMILES string of the molecule is O=C(c1cc(Br)sc1Br)N1CCC(C(F)(F)F)CC1. The van der Waals surface area contributed by atoms with Gasteiger partial charge in [-0.2, -0.15) is 13.2 Å². The van der Waals surface area contributed by atoms with Crippen LogP contribution < -0.4 is 0 Å². The Morgan fingerprint density at radius 2 is 1.89 bits per heavy atom. The van der Waals surface area contributed by atoms with Crippen molar-refractivity contribution in [3.8, 4) is 0 Å². The molecule has 2 nitrogen and oxygen atoms in total. The molecule has 0 radical (unpaired) electrons. The lowest BCUT2D eigenvalue weighted by Gasteiger charge is -2.32. The number of hydrogen-bond donors (Lipinski definition) is 0. The first-order valence-electron chi connectivity index (χ1n) is 5.60. The Morgan fingerprint density at radius 1 is 1.32 bits per heavy atom. The van der Waals surface area contributed by atoms with E-state index >= 15 is 0 Å². The zero-order chi connectivity index (χ0) is 14.2. The molecule has 0 bridgehead atoms. The fourth-order valence-electron chi connectivity index (χ4n) is 2.07. The van der Waals surface area contributed by atoms with E-state index < -0.39 is 12.1 Å². The average molecular weight is 421 g/mol. The van der Waals surface area contributed by atoms with Crippen molar-refractivity contribution in [2.75, 3.05) is 13.1 Å². The molecule has 1 amide bonds. The molecule has 8 heteroatoms. The minimum Gasteiger partial charge on any atom is -0.339 e. The van der Waals surface area contributed by atoms with E-state index in [-0.39, 0.29) is 31.8 Å². The maximum atomic E-state index is 12.5. The van der Waals surface area contributed by atoms with Crippen LogP contribution in [0.2, 0.25) is 0 Å². The Labute approximate surface area is 129 Å². The Kier molecular flexibility index (Phi) is 4.62. The standard InChI is InChI=1S/C11H10Br2F3NOS/c12-8-5-7(9(13)19-8)10(18)17-3-1-6(2-4-17)11(14,15)16/h5-6H,1-4H2. The zero-order valence-electron chi connectivity index (χ0n) is 9.64. The second kappa shape index (κ2) is 5.73. The van der Waals surface area contributed by atoms with Gasteiger partial charge in [0.1, 0.15) is 0 Å². The Bertz CT molecular complexity index is 481. The van der Waals surface area contributed by atoms with Crippen LogP contribution in [0.3, 0.4) is 0 Å². The van der Waals surface area contributed by atoms with Crippen molar-refractivity contribution < 1.29 is 18.0 Å². The lowest BCUT2D eigenvalue weighted by Crippen LogP contribution is -2.42. The van der Waals surface area contributed by atoms with Gasteiger partial charge in [0.2, 0.25) is 0 Å². The van der Waals surface area contributed by atoms with Gasteiger partial charge in [-0.3, -0.25) is 4.79 Å². The monoisotopic (exact) mass is 419 g/mol. The molecule has 1 aliphatic rings. The van der Waals surface area contributed by atoms with E-state index in [9.17, 15) is 18.0 Å². The molecule has 0 spiro atoms. The van der Waals surface area contributed by atoms with E-state index in [0.29, 0.717) is 9.35 Å². The third-order valence-corrected chi connectivity index (χ3v) is 5.47. The summed E-state index contributed by atoms with van der Waals surface area (Å²) in [5.41, 5.74) is 0.502. The molecule has 106 valence electrons. The number of nitrogens with zero attached hydrogens (tertiary/aromatic N) is 1. The van der Waals surface area contributed by atoms with Gasteiger partial charge in [0.05, 0.1) is 19.1 Å². The van der Waals surface area contributed by atoms with Crippen molar-refractivity contribution in [1.29, 1.82) is 0 Å². The number of carbonyl (C=O) groups excluding carboxylic acids is 1. The number of carbonyl (C=O) groups is 1. The van der Waals surface area contributed by atoms with Crippen LogP contribution >= 0.6 is 43.2 Å². The highest BCUT2D eigenvalue weighted by Crippen LogP contribution is 2.36. The van der Waals surface area contributed by atoms with Gasteiger partial charge < -0.3 is 4.90 Å². The lowest BCUT2D eigenvalue weighted by atomic mass is 9.96. The molecular weight excluding hydrogens is 411 g/mol. The van der Waals surface area contributed by atoms with Crippen molar-refractivity contribution in [2.24, 2.45) is 5.92 Å². The fraction of sp³-hybridized carbons (Fsp3) is 0.545. The second-order valence-corrected chi connectivity index (χ2v) is 8.10. The molecule has 19 heavy (non-hydrogen) atoms. The van der Waals surface area contributed by atoms with Gasteiger partial charge in [-0.15, -0.1) is 11.3 Å². The van der Waals surface area contributed by atoms with Crippen LogP contribution in [0.1, 0.15) is 23.2 Å². The minimum atomic E-state index is -4.15. The Balaban J connectivity index is 2.02. The van der Waals surface area contributed by atoms with Gasteiger partial charge in [-0.1, -0.05) is 0 Å². The minimum absolute atomic E-state index is 0.0157. The number of amides is 1. The summed E-state index contributed by atoms with van der Waals surface area (Å²) in [5, 5.41) is 0. The lowest BCUT2D eigenvalue weighted by molar-refractivity contribution is -0.183. The van der Waals surface area contributed by atoms with Crippen LogP contribution in [0, 0.1) is 5.92 Å². The second-order valence-electron chi connectivity index (χ2n) is 4.35. The molecule has 1 aromatic rings. The summed E-state index contributed by atoms with van der Waals surface area (Å²) in [7, 11) is 0. The van der Waals surface area contributed by atoms with Crippen LogP contribution in [0.15, 0.2) is 13.6 Å². The summed E-state index contributed by atoms with van der Waals surface area (Å²) < 4.78 is 39.1. The van der Waals surface area contributed by atoms with Crippen molar-refractivity contribution >= 4 is 49.1 Å². The zero-order valence-corrected chi connectivity index (χ0v) is 13.6. The normalized spacial score (nSPS) is 17.8. The molecule has 2 rings (SSSR count). The van der Waals surface area contributed by atoms with Gasteiger partial charge in [-0.05, 0) is 50.8 Å². The number of alkyl halides is 3. The van der Waals surface area contributed by atoms with Crippen molar-refractivity contribution in [3.63, 3.8) is 0 Å². The highest BCUT2D eigenvalue weighted by Gasteiger charge is 2.41. The molecular formula is C11H10Br2F3NOS. The van der Waals surface area contributed by atoms with E-state index in [1.807, 2.05) is 0 Å². The highest BCUT2D eigenvalue weighted by molar-refractivity contribution is 9.12. The molecule has 1 aliphatic heterocycles. The molecule has 0 saturated carbocycles. The van der Waals surface area contributed by atoms with E-state index in [4.69, 9.17) is 0 Å². The first-order valence-corrected chi connectivity index (χ1v) is 8.00. The molecule has 1 fully saturated rings. The number of piperidine rings is 1. The summed E-state index contributed by atoms with van der Waals surface area (Å²) in [5.74, 6) is -1.50. The van der Waals surface area contributed by atoms with Gasteiger partial charge in [0.15, 0.2) is 0 Å². The number of thiophene rings is 1. The Morgan fingerprint density at radius 3 is 2.32 bits per heavy atom. The molecule has 1 aromatic heterocycles. The van der Waals surface area contributed by atoms with Crippen LogP contribution in [-0.4, -0.2) is 30.1 Å². The van der Waals surface area contributed by atoms with Crippen molar-refractivity contribution in [3.05, 3.63) is 19.2 Å². The predicted molar refractivity (Wildman–Crippen MR) is 74.4 cm³/mol. The first-order chi connectivity index (χ1) is 8.79. The highest BCUT2D eigenvalue weighted by atomic mass is 79.9. The van der Waals surface area contributed by atoms with E-state index in [1.165, 1.54) is 16.2 Å². The topological polar surface area (TPSA) is 20.3 Å². The number of likely N-dealkylation sites (tertiary alicyclic amines) is 1. The molecule has 0 unspecified atom stereocenters. The Hall–Kier alpha value is -0.0800. The third-order valence-electron chi connectivity index (χ3n) is 3.13. The van der Waals surface area contributed by atoms with E-state index in [2.05, 4.69) is 31.9 Å². The van der Waals surface area contributed by atoms with Crippen LogP contribution in [0.5, 0.6) is 0 Å². The molecule has 1 saturated heterocycles. The fourth-order valence-corrected chi connectivity index (χ4v) is 4.84. The molecule has 0 atom stereocenters. The van der Waals surface area contributed by atoms with Crippen LogP contribution in [0.4, 0.5) is 13.2 Å². The van der Waals surface area contributed by atoms with Gasteiger partial charge >= 0.3 is 6.18 Å². The van der Waals surface area contributed by atoms with E-state index in [0.717, 1.165) is 3.79 Å². The summed E-state index contributed by atoms with van der Waals surface area (Å²) in [6.45, 7) is 0.311.